The highest BCUT2D eigenvalue weighted by molar-refractivity contribution is 7.98. The van der Waals surface area contributed by atoms with Crippen LogP contribution in [0.25, 0.3) is 0 Å². The van der Waals surface area contributed by atoms with Gasteiger partial charge in [-0.3, -0.25) is 0 Å². The van der Waals surface area contributed by atoms with E-state index in [0.717, 1.165) is 6.54 Å². The van der Waals surface area contributed by atoms with E-state index >= 15 is 0 Å². The second-order valence-electron chi connectivity index (χ2n) is 2.83. The molecule has 1 aromatic heterocycles. The molecule has 4 heteroatoms. The van der Waals surface area contributed by atoms with Crippen molar-refractivity contribution in [1.29, 1.82) is 5.26 Å². The number of aryl methyl sites for hydroxylation is 1. The molecule has 0 radical (unpaired) electrons. The summed E-state index contributed by atoms with van der Waals surface area (Å²) in [4.78, 5) is 0. The zero-order valence-corrected chi connectivity index (χ0v) is 8.63. The van der Waals surface area contributed by atoms with Crippen molar-refractivity contribution in [2.75, 3.05) is 12.0 Å². The summed E-state index contributed by atoms with van der Waals surface area (Å²) < 4.78 is 4.01. The van der Waals surface area contributed by atoms with Crippen molar-refractivity contribution in [3.63, 3.8) is 0 Å². The van der Waals surface area contributed by atoms with Gasteiger partial charge in [-0.05, 0) is 18.4 Å². The molecule has 0 aliphatic heterocycles. The van der Waals surface area contributed by atoms with Crippen LogP contribution < -0.4 is 4.57 Å². The monoisotopic (exact) mass is 196 g/mol. The molecular formula is C9H14N3S+. The highest BCUT2D eigenvalue weighted by Crippen LogP contribution is 1.94. The molecule has 0 saturated carbocycles. The lowest BCUT2D eigenvalue weighted by molar-refractivity contribution is -0.696. The molecule has 0 N–H and O–H groups in total. The first-order valence-corrected chi connectivity index (χ1v) is 5.67. The van der Waals surface area contributed by atoms with Crippen LogP contribution in [0.1, 0.15) is 6.42 Å². The van der Waals surface area contributed by atoms with E-state index in [4.69, 9.17) is 5.26 Å². The van der Waals surface area contributed by atoms with Crippen molar-refractivity contribution in [2.45, 2.75) is 19.5 Å². The maximum atomic E-state index is 8.46. The Balaban J connectivity index is 2.36. The predicted octanol–water partition coefficient (Wildman–Crippen LogP) is 1.05. The third kappa shape index (κ3) is 3.51. The van der Waals surface area contributed by atoms with Crippen LogP contribution in [0.5, 0.6) is 0 Å². The second kappa shape index (κ2) is 5.65. The lowest BCUT2D eigenvalue weighted by Crippen LogP contribution is -2.31. The van der Waals surface area contributed by atoms with Gasteiger partial charge in [0.05, 0.1) is 6.54 Å². The van der Waals surface area contributed by atoms with E-state index in [1.165, 1.54) is 12.2 Å². The summed E-state index contributed by atoms with van der Waals surface area (Å²) in [6.07, 6.45) is 9.22. The molecule has 13 heavy (non-hydrogen) atoms. The van der Waals surface area contributed by atoms with Gasteiger partial charge in [0.2, 0.25) is 6.33 Å². The van der Waals surface area contributed by atoms with Crippen LogP contribution in [-0.2, 0) is 13.1 Å². The lowest BCUT2D eigenvalue weighted by atomic mass is 10.5. The Labute approximate surface area is 83.0 Å². The van der Waals surface area contributed by atoms with Gasteiger partial charge in [-0.2, -0.15) is 17.0 Å². The maximum Gasteiger partial charge on any atom is 0.244 e. The van der Waals surface area contributed by atoms with Crippen LogP contribution in [0.4, 0.5) is 0 Å². The van der Waals surface area contributed by atoms with E-state index in [1.807, 2.05) is 35.0 Å². The number of hydrogen-bond donors (Lipinski definition) is 0. The van der Waals surface area contributed by atoms with E-state index < -0.39 is 0 Å². The van der Waals surface area contributed by atoms with E-state index in [0.29, 0.717) is 6.54 Å². The minimum Gasteiger partial charge on any atom is -0.237 e. The Bertz CT molecular complexity index is 287. The number of imidazole rings is 1. The van der Waals surface area contributed by atoms with Crippen molar-refractivity contribution in [2.24, 2.45) is 0 Å². The Morgan fingerprint density at radius 3 is 3.15 bits per heavy atom. The Morgan fingerprint density at radius 2 is 2.46 bits per heavy atom. The molecule has 1 rings (SSSR count). The second-order valence-corrected chi connectivity index (χ2v) is 3.81. The molecule has 0 aromatic carbocycles. The first kappa shape index (κ1) is 10.1. The summed E-state index contributed by atoms with van der Waals surface area (Å²) in [5.74, 6) is 1.19. The summed E-state index contributed by atoms with van der Waals surface area (Å²) in [6.45, 7) is 1.48. The fraction of sp³-hybridized carbons (Fsp3) is 0.556. The normalized spacial score (nSPS) is 9.85. The summed E-state index contributed by atoms with van der Waals surface area (Å²) in [5.41, 5.74) is 0. The minimum absolute atomic E-state index is 0.440. The average molecular weight is 196 g/mol. The molecule has 0 spiro atoms. The lowest BCUT2D eigenvalue weighted by Gasteiger charge is -1.93. The molecule has 0 aliphatic rings. The van der Waals surface area contributed by atoms with Gasteiger partial charge >= 0.3 is 0 Å². The quantitative estimate of drug-likeness (QED) is 0.521. The Kier molecular flexibility index (Phi) is 4.41. The molecule has 0 aliphatic carbocycles. The standard InChI is InChI=1S/C9H14N3S/c1-13-8-2-4-11-6-7-12(9-11)5-3-10/h6-7,9H,2,4-5,8H2,1H3/q+1. The zero-order valence-electron chi connectivity index (χ0n) is 7.81. The number of aromatic nitrogens is 2. The van der Waals surface area contributed by atoms with Gasteiger partial charge in [0.1, 0.15) is 18.5 Å². The molecule has 1 heterocycles. The fourth-order valence-electron chi connectivity index (χ4n) is 1.14. The van der Waals surface area contributed by atoms with Crippen LogP contribution in [0.2, 0.25) is 0 Å². The van der Waals surface area contributed by atoms with Gasteiger partial charge in [0.15, 0.2) is 6.54 Å². The molecule has 70 valence electrons. The first-order chi connectivity index (χ1) is 6.36. The zero-order chi connectivity index (χ0) is 9.52. The summed E-state index contributed by atoms with van der Waals surface area (Å²) in [5, 5.41) is 8.46. The van der Waals surface area contributed by atoms with Crippen molar-refractivity contribution in [3.05, 3.63) is 18.7 Å². The third-order valence-electron chi connectivity index (χ3n) is 1.76. The van der Waals surface area contributed by atoms with E-state index in [-0.39, 0.29) is 0 Å². The minimum atomic E-state index is 0.440. The predicted molar refractivity (Wildman–Crippen MR) is 53.2 cm³/mol. The van der Waals surface area contributed by atoms with Crippen LogP contribution in [0.3, 0.4) is 0 Å². The van der Waals surface area contributed by atoms with E-state index in [2.05, 4.69) is 16.9 Å². The molecule has 0 saturated heterocycles. The number of nitrogens with zero attached hydrogens (tertiary/aromatic N) is 3. The van der Waals surface area contributed by atoms with Gasteiger partial charge in [0.25, 0.3) is 0 Å². The van der Waals surface area contributed by atoms with Crippen LogP contribution >= 0.6 is 11.8 Å². The summed E-state index contributed by atoms with van der Waals surface area (Å²) in [7, 11) is 0. The van der Waals surface area contributed by atoms with Crippen LogP contribution in [0.15, 0.2) is 18.7 Å². The van der Waals surface area contributed by atoms with Crippen LogP contribution in [0, 0.1) is 11.3 Å². The highest BCUT2D eigenvalue weighted by atomic mass is 32.2. The van der Waals surface area contributed by atoms with Crippen molar-refractivity contribution >= 4 is 11.8 Å². The molecular weight excluding hydrogens is 182 g/mol. The van der Waals surface area contributed by atoms with Crippen LogP contribution in [-0.4, -0.2) is 16.6 Å². The van der Waals surface area contributed by atoms with Gasteiger partial charge in [0, 0.05) is 0 Å². The Morgan fingerprint density at radius 1 is 1.62 bits per heavy atom. The fourth-order valence-corrected chi connectivity index (χ4v) is 1.56. The maximum absolute atomic E-state index is 8.46. The molecule has 0 bridgehead atoms. The largest absolute Gasteiger partial charge is 0.244 e. The van der Waals surface area contributed by atoms with Gasteiger partial charge in [-0.1, -0.05) is 0 Å². The van der Waals surface area contributed by atoms with Crippen molar-refractivity contribution in [3.8, 4) is 6.07 Å². The first-order valence-electron chi connectivity index (χ1n) is 4.27. The topological polar surface area (TPSA) is 32.6 Å². The van der Waals surface area contributed by atoms with E-state index in [9.17, 15) is 0 Å². The molecule has 1 aromatic rings. The third-order valence-corrected chi connectivity index (χ3v) is 2.46. The van der Waals surface area contributed by atoms with Gasteiger partial charge in [-0.15, -0.1) is 0 Å². The summed E-state index contributed by atoms with van der Waals surface area (Å²) in [6, 6.07) is 2.11. The number of nitriles is 1. The highest BCUT2D eigenvalue weighted by Gasteiger charge is 2.01. The summed E-state index contributed by atoms with van der Waals surface area (Å²) >= 11 is 1.87. The van der Waals surface area contributed by atoms with Crippen molar-refractivity contribution in [1.82, 2.24) is 4.57 Å². The van der Waals surface area contributed by atoms with Gasteiger partial charge < -0.3 is 0 Å². The molecule has 3 nitrogen and oxygen atoms in total. The number of thioether (sulfide) groups is 1. The molecule has 0 amide bonds. The number of hydrogen-bond acceptors (Lipinski definition) is 2. The SMILES string of the molecule is CSCCC[n+]1ccn(CC#N)c1. The number of rotatable bonds is 5. The molecule has 0 fully saturated rings. The van der Waals surface area contributed by atoms with E-state index in [1.54, 1.807) is 0 Å². The Hall–Kier alpha value is -0.950. The van der Waals surface area contributed by atoms with Crippen molar-refractivity contribution < 1.29 is 4.57 Å². The smallest absolute Gasteiger partial charge is 0.237 e. The van der Waals surface area contributed by atoms with Gasteiger partial charge in [-0.25, -0.2) is 9.13 Å². The average Bonchev–Trinajstić information content (AvgIpc) is 2.54. The molecule has 0 unspecified atom stereocenters. The molecule has 0 atom stereocenters.